The summed E-state index contributed by atoms with van der Waals surface area (Å²) in [6.45, 7) is 7.47. The molecule has 1 N–H and O–H groups in total. The zero-order valence-electron chi connectivity index (χ0n) is 18.1. The molecule has 0 radical (unpaired) electrons. The molecule has 0 unspecified atom stereocenters. The maximum atomic E-state index is 13.4. The van der Waals surface area contributed by atoms with Crippen molar-refractivity contribution in [3.63, 3.8) is 0 Å². The Morgan fingerprint density at radius 1 is 1.00 bits per heavy atom. The molecule has 3 rings (SSSR count). The van der Waals surface area contributed by atoms with E-state index in [9.17, 15) is 9.59 Å². The maximum Gasteiger partial charge on any atom is 0.230 e. The summed E-state index contributed by atoms with van der Waals surface area (Å²) in [5.74, 6) is 0.164. The van der Waals surface area contributed by atoms with Crippen LogP contribution in [0.2, 0.25) is 0 Å². The molecule has 2 amide bonds. The highest BCUT2D eigenvalue weighted by atomic mass is 16.2. The van der Waals surface area contributed by atoms with E-state index in [1.54, 1.807) is 6.92 Å². The number of hydrogen-bond donors (Lipinski definition) is 1. The van der Waals surface area contributed by atoms with E-state index < -0.39 is 5.41 Å². The van der Waals surface area contributed by atoms with Crippen molar-refractivity contribution in [2.45, 2.75) is 38.5 Å². The number of para-hydroxylation sites is 1. The second-order valence-corrected chi connectivity index (χ2v) is 7.98. The molecule has 1 heterocycles. The predicted molar refractivity (Wildman–Crippen MR) is 122 cm³/mol. The monoisotopic (exact) mass is 407 g/mol. The highest BCUT2D eigenvalue weighted by Crippen LogP contribution is 2.36. The Balaban J connectivity index is 1.61. The van der Waals surface area contributed by atoms with Crippen molar-refractivity contribution >= 4 is 17.5 Å². The molecule has 0 saturated carbocycles. The van der Waals surface area contributed by atoms with Gasteiger partial charge in [-0.25, -0.2) is 0 Å². The molecular weight excluding hydrogens is 374 g/mol. The number of amides is 2. The second-order valence-electron chi connectivity index (χ2n) is 7.98. The van der Waals surface area contributed by atoms with Crippen LogP contribution in [0, 0.1) is 0 Å². The lowest BCUT2D eigenvalue weighted by atomic mass is 9.72. The van der Waals surface area contributed by atoms with Crippen molar-refractivity contribution in [3.05, 3.63) is 66.2 Å². The van der Waals surface area contributed by atoms with E-state index in [1.807, 2.05) is 41.3 Å². The molecule has 5 heteroatoms. The summed E-state index contributed by atoms with van der Waals surface area (Å²) in [5.41, 5.74) is 1.70. The van der Waals surface area contributed by atoms with Gasteiger partial charge in [0.2, 0.25) is 11.8 Å². The number of nitrogens with zero attached hydrogens (tertiary/aromatic N) is 2. The minimum absolute atomic E-state index is 0.0811. The minimum atomic E-state index is -0.558. The van der Waals surface area contributed by atoms with E-state index in [1.165, 1.54) is 5.69 Å². The average molecular weight is 408 g/mol. The number of nitrogens with one attached hydrogen (secondary N) is 1. The Morgan fingerprint density at radius 3 is 2.17 bits per heavy atom. The summed E-state index contributed by atoms with van der Waals surface area (Å²) in [6.07, 6.45) is 2.21. The van der Waals surface area contributed by atoms with E-state index in [0.717, 1.165) is 25.1 Å². The van der Waals surface area contributed by atoms with Crippen LogP contribution in [0.3, 0.4) is 0 Å². The fourth-order valence-electron chi connectivity index (χ4n) is 4.36. The number of carbonyl (C=O) groups is 2. The van der Waals surface area contributed by atoms with E-state index in [0.29, 0.717) is 32.5 Å². The number of carbonyl (C=O) groups excluding carboxylic acids is 2. The average Bonchev–Trinajstić information content (AvgIpc) is 2.80. The molecule has 2 aromatic rings. The number of piperidine rings is 1. The van der Waals surface area contributed by atoms with Gasteiger partial charge >= 0.3 is 0 Å². The molecule has 0 aliphatic carbocycles. The highest BCUT2D eigenvalue weighted by molar-refractivity contribution is 5.88. The molecular formula is C25H33N3O2. The molecule has 2 aromatic carbocycles. The van der Waals surface area contributed by atoms with Crippen LogP contribution in [-0.2, 0) is 15.0 Å². The zero-order valence-corrected chi connectivity index (χ0v) is 18.1. The normalized spacial score (nSPS) is 15.5. The molecule has 30 heavy (non-hydrogen) atoms. The van der Waals surface area contributed by atoms with E-state index in [4.69, 9.17) is 0 Å². The van der Waals surface area contributed by atoms with Gasteiger partial charge in [-0.2, -0.15) is 0 Å². The van der Waals surface area contributed by atoms with Gasteiger partial charge in [0.05, 0.1) is 5.41 Å². The molecule has 5 nitrogen and oxygen atoms in total. The Morgan fingerprint density at radius 2 is 1.60 bits per heavy atom. The van der Waals surface area contributed by atoms with Crippen LogP contribution in [0.1, 0.15) is 38.7 Å². The van der Waals surface area contributed by atoms with Crippen molar-refractivity contribution in [3.8, 4) is 0 Å². The van der Waals surface area contributed by atoms with Crippen molar-refractivity contribution in [2.75, 3.05) is 37.6 Å². The summed E-state index contributed by atoms with van der Waals surface area (Å²) in [7, 11) is 0. The van der Waals surface area contributed by atoms with Gasteiger partial charge in [-0.05, 0) is 43.9 Å². The quantitative estimate of drug-likeness (QED) is 0.681. The number of likely N-dealkylation sites (tertiary alicyclic amines) is 1. The van der Waals surface area contributed by atoms with Gasteiger partial charge in [0.15, 0.2) is 0 Å². The van der Waals surface area contributed by atoms with Gasteiger partial charge in [-0.1, -0.05) is 48.5 Å². The standard InChI is InChI=1S/C25H33N3O2/c1-3-27(23-13-8-5-9-14-23)18-10-17-26-24(30)25(22-11-6-4-7-12-22)15-19-28(20-16-25)21(2)29/h4-9,11-14H,3,10,15-20H2,1-2H3,(H,26,30). The molecule has 0 atom stereocenters. The Hall–Kier alpha value is -2.82. The van der Waals surface area contributed by atoms with Crippen LogP contribution in [0.15, 0.2) is 60.7 Å². The lowest BCUT2D eigenvalue weighted by Gasteiger charge is -2.40. The van der Waals surface area contributed by atoms with Gasteiger partial charge in [-0.3, -0.25) is 9.59 Å². The largest absolute Gasteiger partial charge is 0.372 e. The number of benzene rings is 2. The van der Waals surface area contributed by atoms with Crippen LogP contribution >= 0.6 is 0 Å². The van der Waals surface area contributed by atoms with Crippen molar-refractivity contribution in [1.82, 2.24) is 10.2 Å². The third-order valence-electron chi connectivity index (χ3n) is 6.22. The maximum absolute atomic E-state index is 13.4. The number of anilines is 1. The third-order valence-corrected chi connectivity index (χ3v) is 6.22. The first-order valence-corrected chi connectivity index (χ1v) is 11.0. The summed E-state index contributed by atoms with van der Waals surface area (Å²) >= 11 is 0. The number of rotatable bonds is 8. The van der Waals surface area contributed by atoms with E-state index in [2.05, 4.69) is 41.4 Å². The predicted octanol–water partition coefficient (Wildman–Crippen LogP) is 3.60. The summed E-state index contributed by atoms with van der Waals surface area (Å²) in [4.78, 5) is 29.3. The fourth-order valence-corrected chi connectivity index (χ4v) is 4.36. The molecule has 1 fully saturated rings. The second kappa shape index (κ2) is 10.3. The summed E-state index contributed by atoms with van der Waals surface area (Å²) < 4.78 is 0. The first kappa shape index (κ1) is 21.9. The smallest absolute Gasteiger partial charge is 0.230 e. The van der Waals surface area contributed by atoms with Crippen LogP contribution in [0.5, 0.6) is 0 Å². The van der Waals surface area contributed by atoms with Gasteiger partial charge < -0.3 is 15.1 Å². The Labute approximate surface area is 180 Å². The SMILES string of the molecule is CCN(CCCNC(=O)C1(c2ccccc2)CCN(C(C)=O)CC1)c1ccccc1. The lowest BCUT2D eigenvalue weighted by molar-refractivity contribution is -0.135. The highest BCUT2D eigenvalue weighted by Gasteiger charge is 2.43. The van der Waals surface area contributed by atoms with E-state index >= 15 is 0 Å². The van der Waals surface area contributed by atoms with E-state index in [-0.39, 0.29) is 11.8 Å². The topological polar surface area (TPSA) is 52.7 Å². The first-order valence-electron chi connectivity index (χ1n) is 11.0. The fraction of sp³-hybridized carbons (Fsp3) is 0.440. The van der Waals surface area contributed by atoms with Gasteiger partial charge in [0.1, 0.15) is 0 Å². The molecule has 160 valence electrons. The third kappa shape index (κ3) is 5.02. The molecule has 1 aliphatic heterocycles. The zero-order chi connectivity index (χ0) is 21.4. The van der Waals surface area contributed by atoms with Crippen LogP contribution < -0.4 is 10.2 Å². The summed E-state index contributed by atoms with van der Waals surface area (Å²) in [5, 5.41) is 3.20. The Bertz CT molecular complexity index is 815. The molecule has 0 bridgehead atoms. The van der Waals surface area contributed by atoms with Gasteiger partial charge in [-0.15, -0.1) is 0 Å². The van der Waals surface area contributed by atoms with Crippen LogP contribution in [0.25, 0.3) is 0 Å². The van der Waals surface area contributed by atoms with Crippen LogP contribution in [-0.4, -0.2) is 49.4 Å². The molecule has 1 saturated heterocycles. The Kier molecular flexibility index (Phi) is 7.50. The number of hydrogen-bond acceptors (Lipinski definition) is 3. The van der Waals surface area contributed by atoms with Crippen molar-refractivity contribution in [2.24, 2.45) is 0 Å². The summed E-state index contributed by atoms with van der Waals surface area (Å²) in [6, 6.07) is 20.4. The first-order chi connectivity index (χ1) is 14.6. The molecule has 0 spiro atoms. The molecule has 1 aliphatic rings. The lowest BCUT2D eigenvalue weighted by Crippen LogP contribution is -2.52. The van der Waals surface area contributed by atoms with Gasteiger partial charge in [0, 0.05) is 45.3 Å². The van der Waals surface area contributed by atoms with Crippen molar-refractivity contribution in [1.29, 1.82) is 0 Å². The van der Waals surface area contributed by atoms with Gasteiger partial charge in [0.25, 0.3) is 0 Å². The van der Waals surface area contributed by atoms with Crippen LogP contribution in [0.4, 0.5) is 5.69 Å². The minimum Gasteiger partial charge on any atom is -0.372 e. The van der Waals surface area contributed by atoms with Crippen molar-refractivity contribution < 1.29 is 9.59 Å². The molecule has 0 aromatic heterocycles.